The fourth-order valence-corrected chi connectivity index (χ4v) is 3.64. The van der Waals surface area contributed by atoms with Crippen LogP contribution >= 0.6 is 0 Å². The molecule has 1 heterocycles. The summed E-state index contributed by atoms with van der Waals surface area (Å²) in [6.07, 6.45) is -4.18. The average molecular weight is 543 g/mol. The van der Waals surface area contributed by atoms with Crippen molar-refractivity contribution >= 4 is 17.5 Å². The van der Waals surface area contributed by atoms with Crippen molar-refractivity contribution in [2.75, 3.05) is 5.32 Å². The number of rotatable bonds is 7. The van der Waals surface area contributed by atoms with E-state index >= 15 is 0 Å². The van der Waals surface area contributed by atoms with Gasteiger partial charge in [0.1, 0.15) is 17.7 Å². The van der Waals surface area contributed by atoms with Gasteiger partial charge in [-0.25, -0.2) is 14.2 Å². The van der Waals surface area contributed by atoms with Gasteiger partial charge in [-0.3, -0.25) is 10.1 Å². The second kappa shape index (κ2) is 12.2. The first-order valence-corrected chi connectivity index (χ1v) is 11.7. The highest BCUT2D eigenvalue weighted by Crippen LogP contribution is 2.29. The molecule has 0 spiro atoms. The molecule has 1 atom stereocenters. The van der Waals surface area contributed by atoms with Crippen molar-refractivity contribution in [1.29, 1.82) is 5.41 Å². The van der Waals surface area contributed by atoms with Gasteiger partial charge in [-0.1, -0.05) is 61.5 Å². The van der Waals surface area contributed by atoms with E-state index in [0.29, 0.717) is 17.3 Å². The average Bonchev–Trinajstić information content (AvgIpc) is 3.28. The summed E-state index contributed by atoms with van der Waals surface area (Å²) in [6, 6.07) is 22.2. The van der Waals surface area contributed by atoms with E-state index in [2.05, 4.69) is 29.5 Å². The lowest BCUT2D eigenvalue weighted by Crippen LogP contribution is -2.21. The van der Waals surface area contributed by atoms with Crippen LogP contribution < -0.4 is 11.1 Å². The summed E-state index contributed by atoms with van der Waals surface area (Å²) in [6.45, 7) is 2.10. The number of anilines is 1. The molecule has 39 heavy (non-hydrogen) atoms. The first-order valence-electron chi connectivity index (χ1n) is 11.7. The molecule has 0 amide bonds. The Morgan fingerprint density at radius 2 is 1.77 bits per heavy atom. The third kappa shape index (κ3) is 7.40. The number of benzene rings is 3. The number of amidine groups is 1. The number of hydrogen-bond donors (Lipinski definition) is 4. The number of alkyl halides is 3. The van der Waals surface area contributed by atoms with E-state index in [-0.39, 0.29) is 17.4 Å². The normalized spacial score (nSPS) is 11.7. The molecule has 0 saturated carbocycles. The van der Waals surface area contributed by atoms with E-state index in [0.717, 1.165) is 17.5 Å². The van der Waals surface area contributed by atoms with Crippen LogP contribution in [0, 0.1) is 11.2 Å². The van der Waals surface area contributed by atoms with E-state index in [1.807, 2.05) is 49.5 Å². The van der Waals surface area contributed by atoms with E-state index in [4.69, 9.17) is 26.0 Å². The number of aliphatic carboxylic acids is 1. The van der Waals surface area contributed by atoms with Gasteiger partial charge in [0.15, 0.2) is 11.6 Å². The maximum atomic E-state index is 14.5. The second-order valence-electron chi connectivity index (χ2n) is 8.37. The summed E-state index contributed by atoms with van der Waals surface area (Å²) in [5, 5.41) is 22.6. The molecule has 5 N–H and O–H groups in total. The number of aromatic nitrogens is 3. The van der Waals surface area contributed by atoms with Gasteiger partial charge in [-0.15, -0.1) is 0 Å². The maximum Gasteiger partial charge on any atom is 0.490 e. The molecule has 4 aromatic rings. The van der Waals surface area contributed by atoms with Crippen LogP contribution in [0.4, 0.5) is 23.2 Å². The lowest BCUT2D eigenvalue weighted by molar-refractivity contribution is -0.192. The Labute approximate surface area is 221 Å². The summed E-state index contributed by atoms with van der Waals surface area (Å²) in [5.74, 6) is -2.28. The van der Waals surface area contributed by atoms with Gasteiger partial charge < -0.3 is 16.2 Å². The number of carboxylic acids is 1. The van der Waals surface area contributed by atoms with Gasteiger partial charge in [-0.05, 0) is 35.7 Å². The highest BCUT2D eigenvalue weighted by Gasteiger charge is 2.38. The van der Waals surface area contributed by atoms with Gasteiger partial charge in [-0.2, -0.15) is 18.3 Å². The highest BCUT2D eigenvalue weighted by atomic mass is 19.4. The molecular weight excluding hydrogens is 516 g/mol. The van der Waals surface area contributed by atoms with Gasteiger partial charge >= 0.3 is 12.1 Å². The van der Waals surface area contributed by atoms with Gasteiger partial charge in [0.25, 0.3) is 0 Å². The van der Waals surface area contributed by atoms with E-state index in [1.165, 1.54) is 17.7 Å². The van der Waals surface area contributed by atoms with Crippen molar-refractivity contribution in [2.24, 2.45) is 12.8 Å². The molecule has 1 aromatic heterocycles. The molecule has 0 aliphatic rings. The number of halogens is 4. The summed E-state index contributed by atoms with van der Waals surface area (Å²) in [4.78, 5) is 13.7. The molecule has 12 heteroatoms. The molecule has 0 fully saturated rings. The zero-order valence-corrected chi connectivity index (χ0v) is 21.0. The van der Waals surface area contributed by atoms with Gasteiger partial charge in [0.2, 0.25) is 0 Å². The van der Waals surface area contributed by atoms with Crippen LogP contribution in [0.2, 0.25) is 0 Å². The van der Waals surface area contributed by atoms with Crippen molar-refractivity contribution in [1.82, 2.24) is 14.8 Å². The molecule has 0 aliphatic carbocycles. The molecular formula is C27H26F4N6O2. The zero-order chi connectivity index (χ0) is 28.7. The predicted molar refractivity (Wildman–Crippen MR) is 139 cm³/mol. The van der Waals surface area contributed by atoms with Crippen molar-refractivity contribution in [3.63, 3.8) is 0 Å². The Hall–Kier alpha value is -4.74. The van der Waals surface area contributed by atoms with Gasteiger partial charge in [0, 0.05) is 18.3 Å². The lowest BCUT2D eigenvalue weighted by Gasteiger charge is -2.20. The third-order valence-electron chi connectivity index (χ3n) is 5.59. The molecule has 0 bridgehead atoms. The number of hydrogen-bond acceptors (Lipinski definition) is 5. The van der Waals surface area contributed by atoms with Crippen LogP contribution in [0.25, 0.3) is 11.4 Å². The number of nitrogens with zero attached hydrogens (tertiary/aromatic N) is 3. The lowest BCUT2D eigenvalue weighted by atomic mass is 10.0. The number of nitrogens with two attached hydrogens (primary N) is 1. The highest BCUT2D eigenvalue weighted by molar-refractivity contribution is 5.95. The van der Waals surface area contributed by atoms with Crippen molar-refractivity contribution in [3.05, 3.63) is 101 Å². The molecule has 1 unspecified atom stereocenters. The summed E-state index contributed by atoms with van der Waals surface area (Å²) in [5.41, 5.74) is 9.20. The van der Waals surface area contributed by atoms with Crippen LogP contribution in [-0.2, 0) is 18.3 Å². The largest absolute Gasteiger partial charge is 0.490 e. The molecule has 0 saturated heterocycles. The first-order chi connectivity index (χ1) is 18.4. The number of aryl methyl sites for hydroxylation is 2. The predicted octanol–water partition coefficient (Wildman–Crippen LogP) is 5.30. The topological polar surface area (TPSA) is 130 Å². The minimum absolute atomic E-state index is 0.0742. The molecule has 0 aliphatic heterocycles. The SMILES string of the molecule is CCc1cccc(C(Nc2ccc(C(=N)N)c(F)c2)c2nc(-c3ccccc3)nn2C)c1.O=C(O)C(F)(F)F. The van der Waals surface area contributed by atoms with Crippen molar-refractivity contribution in [3.8, 4) is 11.4 Å². The monoisotopic (exact) mass is 542 g/mol. The van der Waals surface area contributed by atoms with E-state index in [1.54, 1.807) is 10.7 Å². The number of nitrogen functional groups attached to an aromatic ring is 1. The molecule has 0 radical (unpaired) electrons. The Morgan fingerprint density at radius 3 is 2.33 bits per heavy atom. The molecule has 4 rings (SSSR count). The van der Waals surface area contributed by atoms with E-state index in [9.17, 15) is 17.6 Å². The quantitative estimate of drug-likeness (QED) is 0.142. The fraction of sp³-hybridized carbons (Fsp3) is 0.185. The van der Waals surface area contributed by atoms with Crippen molar-refractivity contribution in [2.45, 2.75) is 25.6 Å². The minimum Gasteiger partial charge on any atom is -0.475 e. The number of carbonyl (C=O) groups is 1. The Morgan fingerprint density at radius 1 is 1.10 bits per heavy atom. The van der Waals surface area contributed by atoms with Crippen LogP contribution in [-0.4, -0.2) is 37.9 Å². The summed E-state index contributed by atoms with van der Waals surface area (Å²) >= 11 is 0. The maximum absolute atomic E-state index is 14.5. The Balaban J connectivity index is 0.000000532. The number of carboxylic acid groups (broad SMARTS) is 1. The van der Waals surface area contributed by atoms with Crippen molar-refractivity contribution < 1.29 is 27.5 Å². The molecule has 3 aromatic carbocycles. The van der Waals surface area contributed by atoms with Crippen LogP contribution in [0.5, 0.6) is 0 Å². The molecule has 204 valence electrons. The van der Waals surface area contributed by atoms with Crippen LogP contribution in [0.15, 0.2) is 72.8 Å². The fourth-order valence-electron chi connectivity index (χ4n) is 3.64. The second-order valence-corrected chi connectivity index (χ2v) is 8.37. The standard InChI is InChI=1S/C25H25FN6.C2HF3O2/c1-3-16-8-7-11-18(14-16)22(29-19-12-13-20(23(27)28)21(26)15-19)25-30-24(31-32(25)2)17-9-5-4-6-10-17;3-2(4,5)1(6)7/h4-15,22,29H,3H2,1-2H3,(H3,27,28);(H,6,7). The van der Waals surface area contributed by atoms with E-state index < -0.39 is 18.0 Å². The summed E-state index contributed by atoms with van der Waals surface area (Å²) in [7, 11) is 1.85. The smallest absolute Gasteiger partial charge is 0.475 e. The minimum atomic E-state index is -5.08. The Bertz CT molecular complexity index is 1450. The van der Waals surface area contributed by atoms with Crippen LogP contribution in [0.3, 0.4) is 0 Å². The van der Waals surface area contributed by atoms with Gasteiger partial charge in [0.05, 0.1) is 5.56 Å². The molecule has 8 nitrogen and oxygen atoms in total. The zero-order valence-electron chi connectivity index (χ0n) is 21.0. The third-order valence-corrected chi connectivity index (χ3v) is 5.59. The van der Waals surface area contributed by atoms with Crippen LogP contribution in [0.1, 0.15) is 35.5 Å². The number of nitrogens with one attached hydrogen (secondary N) is 2. The Kier molecular flexibility index (Phi) is 9.02. The summed E-state index contributed by atoms with van der Waals surface area (Å²) < 4.78 is 48.0. The first kappa shape index (κ1) is 28.8.